The molecule has 0 bridgehead atoms. The van der Waals surface area contributed by atoms with Crippen molar-refractivity contribution in [2.45, 2.75) is 30.5 Å². The van der Waals surface area contributed by atoms with Crippen molar-refractivity contribution in [3.8, 4) is 0 Å². The fourth-order valence-electron chi connectivity index (χ4n) is 0.795. The topological polar surface area (TPSA) is 9.23 Å². The molecular weight excluding hydrogens is 228 g/mol. The SMILES string of the molecule is FC1(F)CC(F)(F)C(F)(F)OC1(F)F. The van der Waals surface area contributed by atoms with E-state index >= 15 is 0 Å². The second-order valence-corrected chi connectivity index (χ2v) is 2.72. The van der Waals surface area contributed by atoms with Gasteiger partial charge in [-0.05, 0) is 0 Å². The number of rotatable bonds is 0. The van der Waals surface area contributed by atoms with Crippen molar-refractivity contribution in [2.75, 3.05) is 0 Å². The lowest BCUT2D eigenvalue weighted by Gasteiger charge is -2.39. The summed E-state index contributed by atoms with van der Waals surface area (Å²) in [5.74, 6) is -10.6. The van der Waals surface area contributed by atoms with Gasteiger partial charge in [-0.1, -0.05) is 0 Å². The molecule has 0 radical (unpaired) electrons. The van der Waals surface area contributed by atoms with E-state index in [1.807, 2.05) is 0 Å². The van der Waals surface area contributed by atoms with E-state index in [9.17, 15) is 35.1 Å². The Kier molecular flexibility index (Phi) is 2.05. The minimum atomic E-state index is -5.60. The van der Waals surface area contributed by atoms with Crippen LogP contribution in [0.5, 0.6) is 0 Å². The van der Waals surface area contributed by atoms with E-state index in [0.29, 0.717) is 0 Å². The first kappa shape index (κ1) is 11.5. The van der Waals surface area contributed by atoms with E-state index < -0.39 is 30.5 Å². The zero-order valence-electron chi connectivity index (χ0n) is 6.14. The molecule has 0 saturated carbocycles. The van der Waals surface area contributed by atoms with Gasteiger partial charge in [0.2, 0.25) is 0 Å². The van der Waals surface area contributed by atoms with Gasteiger partial charge in [-0.3, -0.25) is 0 Å². The Morgan fingerprint density at radius 1 is 0.643 bits per heavy atom. The van der Waals surface area contributed by atoms with Crippen LogP contribution >= 0.6 is 0 Å². The molecule has 1 aliphatic rings. The summed E-state index contributed by atoms with van der Waals surface area (Å²) in [6, 6.07) is 0. The van der Waals surface area contributed by atoms with Gasteiger partial charge in [0.1, 0.15) is 0 Å². The molecule has 1 nitrogen and oxygen atoms in total. The van der Waals surface area contributed by atoms with Gasteiger partial charge in [-0.2, -0.15) is 35.1 Å². The molecule has 0 N–H and O–H groups in total. The third-order valence-corrected chi connectivity index (χ3v) is 1.55. The minimum absolute atomic E-state index is 2.12. The van der Waals surface area contributed by atoms with Gasteiger partial charge >= 0.3 is 24.1 Å². The van der Waals surface area contributed by atoms with Crippen LogP contribution in [-0.4, -0.2) is 24.1 Å². The predicted octanol–water partition coefficient (Wildman–Crippen LogP) is 2.86. The largest absolute Gasteiger partial charge is 0.424 e. The Morgan fingerprint density at radius 3 is 1.14 bits per heavy atom. The molecule has 0 aromatic rings. The first-order valence-electron chi connectivity index (χ1n) is 3.13. The van der Waals surface area contributed by atoms with Crippen molar-refractivity contribution in [3.63, 3.8) is 0 Å². The molecule has 1 aliphatic heterocycles. The average molecular weight is 230 g/mol. The van der Waals surface area contributed by atoms with Crippen LogP contribution in [0.25, 0.3) is 0 Å². The van der Waals surface area contributed by atoms with Crippen molar-refractivity contribution in [3.05, 3.63) is 0 Å². The molecule has 84 valence electrons. The van der Waals surface area contributed by atoms with Crippen molar-refractivity contribution >= 4 is 0 Å². The third-order valence-electron chi connectivity index (χ3n) is 1.55. The van der Waals surface area contributed by atoms with Gasteiger partial charge < -0.3 is 0 Å². The zero-order chi connectivity index (χ0) is 11.4. The number of hydrogen-bond acceptors (Lipinski definition) is 1. The highest BCUT2D eigenvalue weighted by Gasteiger charge is 2.77. The van der Waals surface area contributed by atoms with Crippen LogP contribution in [-0.2, 0) is 4.74 Å². The van der Waals surface area contributed by atoms with Crippen LogP contribution in [0.4, 0.5) is 35.1 Å². The molecule has 0 spiro atoms. The van der Waals surface area contributed by atoms with E-state index in [-0.39, 0.29) is 0 Å². The molecule has 0 unspecified atom stereocenters. The Hall–Kier alpha value is -0.600. The van der Waals surface area contributed by atoms with Gasteiger partial charge in [0.15, 0.2) is 0 Å². The fourth-order valence-corrected chi connectivity index (χ4v) is 0.795. The summed E-state index contributed by atoms with van der Waals surface area (Å²) in [6.07, 6.45) is -14.2. The molecule has 1 heterocycles. The Balaban J connectivity index is 3.07. The van der Waals surface area contributed by atoms with Crippen molar-refractivity contribution in [1.82, 2.24) is 0 Å². The maximum atomic E-state index is 12.1. The summed E-state index contributed by atoms with van der Waals surface area (Å²) in [4.78, 5) is 0. The second-order valence-electron chi connectivity index (χ2n) is 2.72. The molecular formula is C5H2F8O. The van der Waals surface area contributed by atoms with Gasteiger partial charge in [0.25, 0.3) is 0 Å². The van der Waals surface area contributed by atoms with E-state index in [2.05, 4.69) is 4.74 Å². The molecule has 1 rings (SSSR count). The quantitative estimate of drug-likeness (QED) is 0.581. The van der Waals surface area contributed by atoms with E-state index in [0.717, 1.165) is 0 Å². The predicted molar refractivity (Wildman–Crippen MR) is 25.5 cm³/mol. The Labute approximate surface area is 71.6 Å². The summed E-state index contributed by atoms with van der Waals surface area (Å²) in [5, 5.41) is 0. The lowest BCUT2D eigenvalue weighted by Crippen LogP contribution is -2.62. The van der Waals surface area contributed by atoms with Crippen LogP contribution in [0.3, 0.4) is 0 Å². The minimum Gasteiger partial charge on any atom is -0.246 e. The number of hydrogen-bond donors (Lipinski definition) is 0. The van der Waals surface area contributed by atoms with Crippen LogP contribution in [0, 0.1) is 0 Å². The molecule has 0 amide bonds. The van der Waals surface area contributed by atoms with Crippen molar-refractivity contribution in [2.24, 2.45) is 0 Å². The Morgan fingerprint density at radius 2 is 0.929 bits per heavy atom. The van der Waals surface area contributed by atoms with Crippen LogP contribution in [0.2, 0.25) is 0 Å². The van der Waals surface area contributed by atoms with Crippen LogP contribution in [0.15, 0.2) is 0 Å². The summed E-state index contributed by atoms with van der Waals surface area (Å²) in [7, 11) is 0. The maximum Gasteiger partial charge on any atom is 0.424 e. The lowest BCUT2D eigenvalue weighted by molar-refractivity contribution is -0.507. The van der Waals surface area contributed by atoms with Gasteiger partial charge in [0, 0.05) is 0 Å². The monoisotopic (exact) mass is 230 g/mol. The van der Waals surface area contributed by atoms with Gasteiger partial charge in [-0.25, -0.2) is 4.74 Å². The molecule has 1 fully saturated rings. The second kappa shape index (κ2) is 2.50. The highest BCUT2D eigenvalue weighted by atomic mass is 19.3. The summed E-state index contributed by atoms with van der Waals surface area (Å²) in [6.45, 7) is 0. The Bertz CT molecular complexity index is 196. The van der Waals surface area contributed by atoms with E-state index in [1.54, 1.807) is 0 Å². The molecule has 1 saturated heterocycles. The van der Waals surface area contributed by atoms with E-state index in [4.69, 9.17) is 0 Å². The molecule has 0 aliphatic carbocycles. The van der Waals surface area contributed by atoms with Gasteiger partial charge in [-0.15, -0.1) is 0 Å². The molecule has 0 aromatic carbocycles. The standard InChI is InChI=1S/C5H2F8O/c6-2(7)1-3(8,9)5(12,13)14-4(2,10)11/h1H2. The first-order valence-corrected chi connectivity index (χ1v) is 3.13. The number of alkyl halides is 8. The molecule has 9 heteroatoms. The van der Waals surface area contributed by atoms with Crippen LogP contribution < -0.4 is 0 Å². The van der Waals surface area contributed by atoms with Crippen molar-refractivity contribution in [1.29, 1.82) is 0 Å². The van der Waals surface area contributed by atoms with Gasteiger partial charge in [0.05, 0.1) is 6.42 Å². The molecule has 0 aromatic heterocycles. The summed E-state index contributed by atoms with van der Waals surface area (Å²) in [5.41, 5.74) is 0. The number of halogens is 8. The summed E-state index contributed by atoms with van der Waals surface area (Å²) >= 11 is 0. The first-order chi connectivity index (χ1) is 5.91. The maximum absolute atomic E-state index is 12.1. The number of ether oxygens (including phenoxy) is 1. The third kappa shape index (κ3) is 1.43. The normalized spacial score (nSPS) is 32.6. The average Bonchev–Trinajstić information content (AvgIpc) is 1.78. The molecule has 0 atom stereocenters. The van der Waals surface area contributed by atoms with Crippen molar-refractivity contribution < 1.29 is 39.9 Å². The van der Waals surface area contributed by atoms with E-state index in [1.165, 1.54) is 0 Å². The smallest absolute Gasteiger partial charge is 0.246 e. The lowest BCUT2D eigenvalue weighted by atomic mass is 10.1. The zero-order valence-corrected chi connectivity index (χ0v) is 6.14. The highest BCUT2D eigenvalue weighted by Crippen LogP contribution is 2.55. The van der Waals surface area contributed by atoms with Crippen LogP contribution in [0.1, 0.15) is 6.42 Å². The fraction of sp³-hybridized carbons (Fsp3) is 1.00. The summed E-state index contributed by atoms with van der Waals surface area (Å²) < 4.78 is 98.8. The highest BCUT2D eigenvalue weighted by molar-refractivity contribution is 4.94. The molecule has 14 heavy (non-hydrogen) atoms.